The maximum absolute atomic E-state index is 13.6. The van der Waals surface area contributed by atoms with Crippen molar-refractivity contribution in [1.29, 1.82) is 0 Å². The number of halogens is 2. The molecule has 0 fully saturated rings. The van der Waals surface area contributed by atoms with Crippen LogP contribution in [0.25, 0.3) is 21.3 Å². The van der Waals surface area contributed by atoms with Gasteiger partial charge in [-0.05, 0) is 30.5 Å². The van der Waals surface area contributed by atoms with Gasteiger partial charge in [-0.25, -0.2) is 9.97 Å². The minimum absolute atomic E-state index is 0.145. The van der Waals surface area contributed by atoms with Gasteiger partial charge in [-0.1, -0.05) is 23.9 Å². The topological polar surface area (TPSA) is 52.7 Å². The molecule has 0 aliphatic heterocycles. The first-order chi connectivity index (χ1) is 12.5. The molecule has 0 aliphatic carbocycles. The summed E-state index contributed by atoms with van der Waals surface area (Å²) in [5.41, 5.74) is 0.764. The average Bonchev–Trinajstić information content (AvgIpc) is 3.23. The normalized spacial score (nSPS) is 13.1. The fraction of sp³-hybridized carbons (Fsp3) is 0.235. The standard InChI is InChI=1S/C17H14F2N4OS2/c1-9(13-20-11-5-3-4-6-12(11)23(13)16(18)19)26-17-21-14-10(7-8-25-14)15(24)22(17)2/h3-9,16H,1-2H3/t9-/m1/s1. The number of fused-ring (bicyclic) bond motifs is 2. The molecule has 4 rings (SSSR count). The van der Waals surface area contributed by atoms with Gasteiger partial charge in [0, 0.05) is 7.05 Å². The minimum atomic E-state index is -2.70. The molecule has 0 saturated heterocycles. The summed E-state index contributed by atoms with van der Waals surface area (Å²) in [6.45, 7) is -0.910. The Morgan fingerprint density at radius 1 is 1.19 bits per heavy atom. The lowest BCUT2D eigenvalue weighted by Gasteiger charge is -2.15. The van der Waals surface area contributed by atoms with E-state index in [0.717, 1.165) is 4.57 Å². The largest absolute Gasteiger partial charge is 0.320 e. The fourth-order valence-electron chi connectivity index (χ4n) is 2.85. The van der Waals surface area contributed by atoms with Gasteiger partial charge >= 0.3 is 6.55 Å². The van der Waals surface area contributed by atoms with E-state index in [-0.39, 0.29) is 11.4 Å². The van der Waals surface area contributed by atoms with Gasteiger partial charge in [0.2, 0.25) is 0 Å². The Morgan fingerprint density at radius 2 is 1.96 bits per heavy atom. The van der Waals surface area contributed by atoms with E-state index < -0.39 is 11.8 Å². The smallest absolute Gasteiger partial charge is 0.290 e. The number of hydrogen-bond donors (Lipinski definition) is 0. The molecule has 134 valence electrons. The molecular weight excluding hydrogens is 378 g/mol. The lowest BCUT2D eigenvalue weighted by Crippen LogP contribution is -2.19. The monoisotopic (exact) mass is 392 g/mol. The van der Waals surface area contributed by atoms with E-state index in [4.69, 9.17) is 0 Å². The van der Waals surface area contributed by atoms with E-state index in [1.807, 2.05) is 5.38 Å². The Morgan fingerprint density at radius 3 is 2.73 bits per heavy atom. The van der Waals surface area contributed by atoms with Crippen LogP contribution in [-0.2, 0) is 7.05 Å². The number of benzene rings is 1. The van der Waals surface area contributed by atoms with Crippen molar-refractivity contribution in [3.8, 4) is 0 Å². The van der Waals surface area contributed by atoms with E-state index >= 15 is 0 Å². The molecule has 1 atom stereocenters. The summed E-state index contributed by atoms with van der Waals surface area (Å²) < 4.78 is 29.7. The number of rotatable bonds is 4. The number of alkyl halides is 2. The van der Waals surface area contributed by atoms with Crippen molar-refractivity contribution < 1.29 is 8.78 Å². The fourth-order valence-corrected chi connectivity index (χ4v) is 4.64. The highest BCUT2D eigenvalue weighted by atomic mass is 32.2. The van der Waals surface area contributed by atoms with E-state index in [9.17, 15) is 13.6 Å². The second-order valence-corrected chi connectivity index (χ2v) is 7.97. The molecule has 3 aromatic heterocycles. The zero-order chi connectivity index (χ0) is 18.4. The van der Waals surface area contributed by atoms with Crippen molar-refractivity contribution in [2.45, 2.75) is 23.9 Å². The molecule has 1 aromatic carbocycles. The van der Waals surface area contributed by atoms with E-state index in [0.29, 0.717) is 26.4 Å². The SMILES string of the molecule is C[C@@H](Sc1nc2sccc2c(=O)n1C)c1nc2ccccc2n1C(F)F. The molecular formula is C17H14F2N4OS2. The molecule has 0 N–H and O–H groups in total. The Bertz CT molecular complexity index is 1160. The highest BCUT2D eigenvalue weighted by molar-refractivity contribution is 7.99. The number of thiophene rings is 1. The van der Waals surface area contributed by atoms with Crippen molar-refractivity contribution in [1.82, 2.24) is 19.1 Å². The third-order valence-corrected chi connectivity index (χ3v) is 6.07. The van der Waals surface area contributed by atoms with Crippen LogP contribution >= 0.6 is 23.1 Å². The van der Waals surface area contributed by atoms with Crippen molar-refractivity contribution in [3.63, 3.8) is 0 Å². The zero-order valence-electron chi connectivity index (χ0n) is 13.9. The number of nitrogens with zero attached hydrogens (tertiary/aromatic N) is 4. The summed E-state index contributed by atoms with van der Waals surface area (Å²) in [7, 11) is 1.64. The molecule has 0 spiro atoms. The van der Waals surface area contributed by atoms with Crippen LogP contribution in [0.2, 0.25) is 0 Å². The molecule has 5 nitrogen and oxygen atoms in total. The highest BCUT2D eigenvalue weighted by Gasteiger charge is 2.24. The molecule has 0 bridgehead atoms. The highest BCUT2D eigenvalue weighted by Crippen LogP contribution is 2.37. The maximum Gasteiger partial charge on any atom is 0.320 e. The summed E-state index contributed by atoms with van der Waals surface area (Å²) in [6.07, 6.45) is 0. The first-order valence-corrected chi connectivity index (χ1v) is 9.59. The quantitative estimate of drug-likeness (QED) is 0.376. The predicted molar refractivity (Wildman–Crippen MR) is 100 cm³/mol. The van der Waals surface area contributed by atoms with Gasteiger partial charge in [-0.15, -0.1) is 11.3 Å². The van der Waals surface area contributed by atoms with Crippen molar-refractivity contribution in [2.75, 3.05) is 0 Å². The van der Waals surface area contributed by atoms with Gasteiger partial charge in [-0.2, -0.15) is 8.78 Å². The Hall–Kier alpha value is -2.26. The first kappa shape index (κ1) is 17.2. The number of imidazole rings is 1. The van der Waals surface area contributed by atoms with Crippen molar-refractivity contribution in [2.24, 2.45) is 7.05 Å². The Kier molecular flexibility index (Phi) is 4.28. The third kappa shape index (κ3) is 2.71. The van der Waals surface area contributed by atoms with Crippen LogP contribution in [0.3, 0.4) is 0 Å². The van der Waals surface area contributed by atoms with Crippen LogP contribution in [0.15, 0.2) is 45.7 Å². The maximum atomic E-state index is 13.6. The number of aromatic nitrogens is 4. The van der Waals surface area contributed by atoms with Crippen LogP contribution in [0.5, 0.6) is 0 Å². The van der Waals surface area contributed by atoms with Gasteiger partial charge in [0.05, 0.1) is 21.7 Å². The summed E-state index contributed by atoms with van der Waals surface area (Å²) in [4.78, 5) is 22.0. The molecule has 3 heterocycles. The second kappa shape index (κ2) is 6.48. The lowest BCUT2D eigenvalue weighted by molar-refractivity contribution is 0.0715. The van der Waals surface area contributed by atoms with Gasteiger partial charge < -0.3 is 0 Å². The molecule has 0 radical (unpaired) electrons. The first-order valence-electron chi connectivity index (χ1n) is 7.83. The van der Waals surface area contributed by atoms with E-state index in [1.165, 1.54) is 27.7 Å². The second-order valence-electron chi connectivity index (χ2n) is 5.76. The van der Waals surface area contributed by atoms with Gasteiger partial charge in [0.15, 0.2) is 5.16 Å². The van der Waals surface area contributed by atoms with Gasteiger partial charge in [-0.3, -0.25) is 13.9 Å². The average molecular weight is 392 g/mol. The van der Waals surface area contributed by atoms with E-state index in [2.05, 4.69) is 9.97 Å². The van der Waals surface area contributed by atoms with Crippen LogP contribution in [-0.4, -0.2) is 19.1 Å². The number of para-hydroxylation sites is 2. The van der Waals surface area contributed by atoms with Gasteiger partial charge in [0.1, 0.15) is 10.7 Å². The molecule has 0 amide bonds. The molecule has 4 aromatic rings. The number of thioether (sulfide) groups is 1. The predicted octanol–water partition coefficient (Wildman–Crippen LogP) is 4.59. The zero-order valence-corrected chi connectivity index (χ0v) is 15.5. The molecule has 0 aliphatic rings. The van der Waals surface area contributed by atoms with Crippen LogP contribution in [0.1, 0.15) is 24.5 Å². The lowest BCUT2D eigenvalue weighted by atomic mass is 10.3. The molecule has 0 unspecified atom stereocenters. The van der Waals surface area contributed by atoms with Crippen LogP contribution < -0.4 is 5.56 Å². The molecule has 0 saturated carbocycles. The van der Waals surface area contributed by atoms with Crippen LogP contribution in [0.4, 0.5) is 8.78 Å². The Balaban J connectivity index is 1.79. The summed E-state index contributed by atoms with van der Waals surface area (Å²) in [5.74, 6) is 0.256. The van der Waals surface area contributed by atoms with Gasteiger partial charge in [0.25, 0.3) is 5.56 Å². The summed E-state index contributed by atoms with van der Waals surface area (Å²) >= 11 is 2.62. The Labute approximate surface area is 155 Å². The molecule has 26 heavy (non-hydrogen) atoms. The third-order valence-electron chi connectivity index (χ3n) is 4.13. The summed E-state index contributed by atoms with van der Waals surface area (Å²) in [6, 6.07) is 8.55. The minimum Gasteiger partial charge on any atom is -0.290 e. The summed E-state index contributed by atoms with van der Waals surface area (Å²) in [5, 5.41) is 2.44. The van der Waals surface area contributed by atoms with Crippen LogP contribution in [0, 0.1) is 0 Å². The molecule has 9 heteroatoms. The number of hydrogen-bond acceptors (Lipinski definition) is 5. The van der Waals surface area contributed by atoms with Crippen molar-refractivity contribution in [3.05, 3.63) is 51.9 Å². The van der Waals surface area contributed by atoms with E-state index in [1.54, 1.807) is 44.3 Å². The van der Waals surface area contributed by atoms with Crippen molar-refractivity contribution >= 4 is 44.3 Å².